The van der Waals surface area contributed by atoms with Gasteiger partial charge in [0.15, 0.2) is 6.10 Å². The molecule has 2 aromatic rings. The van der Waals surface area contributed by atoms with E-state index >= 15 is 8.78 Å². The van der Waals surface area contributed by atoms with Gasteiger partial charge in [-0.05, 0) is 30.5 Å². The van der Waals surface area contributed by atoms with Gasteiger partial charge in [0.2, 0.25) is 0 Å². The number of carbonyl (C=O) groups is 2. The molecule has 0 radical (unpaired) electrons. The zero-order valence-corrected chi connectivity index (χ0v) is 18.2. The summed E-state index contributed by atoms with van der Waals surface area (Å²) >= 11 is 5.91. The van der Waals surface area contributed by atoms with Crippen molar-refractivity contribution in [1.82, 2.24) is 5.32 Å². The Hall–Kier alpha value is -2.67. The number of aliphatic carboxylic acids is 1. The number of alkyl carbamates (subject to hydrolysis) is 1. The molecule has 0 saturated heterocycles. The molecule has 2 N–H and O–H groups in total. The smallest absolute Gasteiger partial charge is 0.408 e. The zero-order chi connectivity index (χ0) is 23.1. The van der Waals surface area contributed by atoms with Gasteiger partial charge in [0.25, 0.3) is 0 Å². The van der Waals surface area contributed by atoms with Crippen molar-refractivity contribution in [3.63, 3.8) is 0 Å². The van der Waals surface area contributed by atoms with Gasteiger partial charge in [-0.2, -0.15) is 8.78 Å². The molecule has 32 heavy (non-hydrogen) atoms. The number of benzene rings is 2. The molecule has 2 atom stereocenters. The largest absolute Gasteiger partial charge is 0.480 e. The van der Waals surface area contributed by atoms with Gasteiger partial charge in [-0.25, -0.2) is 9.59 Å². The summed E-state index contributed by atoms with van der Waals surface area (Å²) in [6.07, 6.45) is 0.576. The number of ether oxygens (including phenoxy) is 1. The van der Waals surface area contributed by atoms with Crippen LogP contribution in [-0.4, -0.2) is 29.3 Å². The Bertz CT molecular complexity index is 919. The monoisotopic (exact) mass is 465 g/mol. The lowest BCUT2D eigenvalue weighted by atomic mass is 9.81. The summed E-state index contributed by atoms with van der Waals surface area (Å²) in [4.78, 5) is 24.2. The fraction of sp³-hybridized carbons (Fsp3) is 0.417. The zero-order valence-electron chi connectivity index (χ0n) is 17.5. The Morgan fingerprint density at radius 3 is 2.41 bits per heavy atom. The fourth-order valence-electron chi connectivity index (χ4n) is 4.10. The van der Waals surface area contributed by atoms with Crippen molar-refractivity contribution < 1.29 is 28.2 Å². The summed E-state index contributed by atoms with van der Waals surface area (Å²) in [6, 6.07) is 12.7. The highest BCUT2D eigenvalue weighted by atomic mass is 35.5. The number of halogens is 3. The average Bonchev–Trinajstić information content (AvgIpc) is 2.78. The first kappa shape index (κ1) is 24.0. The molecule has 1 aliphatic rings. The minimum absolute atomic E-state index is 0.00402. The third kappa shape index (κ3) is 6.19. The highest BCUT2D eigenvalue weighted by molar-refractivity contribution is 6.30. The summed E-state index contributed by atoms with van der Waals surface area (Å²) < 4.78 is 36.3. The van der Waals surface area contributed by atoms with Crippen molar-refractivity contribution in [1.29, 1.82) is 0 Å². The molecule has 3 rings (SSSR count). The standard InChI is InChI=1S/C24H26ClF2NO4/c25-19-13-7-12-18(15-19)24(26,27)21(17-10-5-2-6-11-17)32-23(31)28-20(22(29)30)14-16-8-3-1-4-9-16/h1,3-4,7-9,12-13,15,17,20-21H,2,5-6,10-11,14H2,(H,28,31)(H,29,30)/t20-,21?/m0/s1. The van der Waals surface area contributed by atoms with E-state index in [1.54, 1.807) is 30.3 Å². The maximum atomic E-state index is 15.5. The van der Waals surface area contributed by atoms with Crippen LogP contribution in [0.1, 0.15) is 43.2 Å². The Balaban J connectivity index is 1.78. The van der Waals surface area contributed by atoms with Crippen molar-refractivity contribution in [3.8, 4) is 0 Å². The molecular formula is C24H26ClF2NO4. The minimum Gasteiger partial charge on any atom is -0.480 e. The van der Waals surface area contributed by atoms with Crippen LogP contribution in [0.2, 0.25) is 5.02 Å². The first-order valence-electron chi connectivity index (χ1n) is 10.6. The van der Waals surface area contributed by atoms with Gasteiger partial charge >= 0.3 is 18.0 Å². The molecule has 0 heterocycles. The van der Waals surface area contributed by atoms with Gasteiger partial charge in [-0.3, -0.25) is 0 Å². The van der Waals surface area contributed by atoms with Gasteiger partial charge in [0.05, 0.1) is 0 Å². The normalized spacial score (nSPS) is 16.7. The number of carbonyl (C=O) groups excluding carboxylic acids is 1. The van der Waals surface area contributed by atoms with Crippen molar-refractivity contribution in [2.24, 2.45) is 5.92 Å². The van der Waals surface area contributed by atoms with E-state index in [4.69, 9.17) is 16.3 Å². The second-order valence-electron chi connectivity index (χ2n) is 8.08. The van der Waals surface area contributed by atoms with Gasteiger partial charge < -0.3 is 15.2 Å². The SMILES string of the molecule is O=C(N[C@@H](Cc1ccccc1)C(=O)O)OC(C1CCCCC1)C(F)(F)c1cccc(Cl)c1. The molecule has 2 aromatic carbocycles. The highest BCUT2D eigenvalue weighted by Crippen LogP contribution is 2.42. The van der Waals surface area contributed by atoms with E-state index in [9.17, 15) is 14.7 Å². The average molecular weight is 466 g/mol. The number of hydrogen-bond donors (Lipinski definition) is 2. The van der Waals surface area contributed by atoms with Crippen molar-refractivity contribution in [2.75, 3.05) is 0 Å². The van der Waals surface area contributed by atoms with E-state index in [-0.39, 0.29) is 17.0 Å². The van der Waals surface area contributed by atoms with Crippen LogP contribution in [0.5, 0.6) is 0 Å². The number of hydrogen-bond acceptors (Lipinski definition) is 3. The predicted octanol–water partition coefficient (Wildman–Crippen LogP) is 5.80. The Morgan fingerprint density at radius 1 is 1.09 bits per heavy atom. The lowest BCUT2D eigenvalue weighted by molar-refractivity contribution is -0.147. The van der Waals surface area contributed by atoms with Gasteiger partial charge in [-0.1, -0.05) is 73.3 Å². The molecule has 0 spiro atoms. The first-order chi connectivity index (χ1) is 15.3. The predicted molar refractivity (Wildman–Crippen MR) is 117 cm³/mol. The molecule has 1 unspecified atom stereocenters. The molecule has 1 fully saturated rings. The quantitative estimate of drug-likeness (QED) is 0.516. The van der Waals surface area contributed by atoms with E-state index in [0.717, 1.165) is 25.3 Å². The van der Waals surface area contributed by atoms with Crippen molar-refractivity contribution in [3.05, 3.63) is 70.7 Å². The third-order valence-corrected chi connectivity index (χ3v) is 5.99. The van der Waals surface area contributed by atoms with Crippen LogP contribution in [0.25, 0.3) is 0 Å². The van der Waals surface area contributed by atoms with Crippen LogP contribution in [0.4, 0.5) is 13.6 Å². The molecule has 1 amide bonds. The number of carboxylic acids is 1. The number of nitrogens with one attached hydrogen (secondary N) is 1. The maximum absolute atomic E-state index is 15.5. The maximum Gasteiger partial charge on any atom is 0.408 e. The molecule has 172 valence electrons. The Kier molecular flexibility index (Phi) is 8.07. The fourth-order valence-corrected chi connectivity index (χ4v) is 4.30. The first-order valence-corrected chi connectivity index (χ1v) is 11.0. The van der Waals surface area contributed by atoms with E-state index in [0.29, 0.717) is 18.4 Å². The highest BCUT2D eigenvalue weighted by Gasteiger charge is 2.49. The topological polar surface area (TPSA) is 75.6 Å². The van der Waals surface area contributed by atoms with Gasteiger partial charge in [0.1, 0.15) is 6.04 Å². The molecule has 1 aliphatic carbocycles. The van der Waals surface area contributed by atoms with E-state index in [1.807, 2.05) is 0 Å². The summed E-state index contributed by atoms with van der Waals surface area (Å²) in [5.74, 6) is -5.30. The molecule has 5 nitrogen and oxygen atoms in total. The number of amides is 1. The second kappa shape index (κ2) is 10.8. The molecule has 0 aliphatic heterocycles. The van der Waals surface area contributed by atoms with Crippen LogP contribution in [-0.2, 0) is 21.9 Å². The van der Waals surface area contributed by atoms with Gasteiger partial charge in [0, 0.05) is 22.9 Å². The van der Waals surface area contributed by atoms with Crippen LogP contribution in [0.15, 0.2) is 54.6 Å². The summed E-state index contributed by atoms with van der Waals surface area (Å²) in [5.41, 5.74) is 0.348. The molecule has 0 aromatic heterocycles. The molecule has 0 bridgehead atoms. The number of alkyl halides is 2. The lowest BCUT2D eigenvalue weighted by Crippen LogP contribution is -2.48. The van der Waals surface area contributed by atoms with Crippen molar-refractivity contribution in [2.45, 2.75) is 56.6 Å². The molecular weight excluding hydrogens is 440 g/mol. The van der Waals surface area contributed by atoms with Crippen molar-refractivity contribution >= 4 is 23.7 Å². The third-order valence-electron chi connectivity index (χ3n) is 5.75. The van der Waals surface area contributed by atoms with Gasteiger partial charge in [-0.15, -0.1) is 0 Å². The molecule has 1 saturated carbocycles. The lowest BCUT2D eigenvalue weighted by Gasteiger charge is -2.35. The van der Waals surface area contributed by atoms with E-state index < -0.39 is 36.0 Å². The Labute approximate surface area is 190 Å². The van der Waals surface area contributed by atoms with Crippen LogP contribution in [0, 0.1) is 5.92 Å². The minimum atomic E-state index is -3.48. The number of carboxylic acid groups (broad SMARTS) is 1. The Morgan fingerprint density at radius 2 is 1.78 bits per heavy atom. The second-order valence-corrected chi connectivity index (χ2v) is 8.52. The molecule has 8 heteroatoms. The summed E-state index contributed by atoms with van der Waals surface area (Å²) in [6.45, 7) is 0. The van der Waals surface area contributed by atoms with E-state index in [1.165, 1.54) is 18.2 Å². The summed E-state index contributed by atoms with van der Waals surface area (Å²) in [5, 5.41) is 11.9. The summed E-state index contributed by atoms with van der Waals surface area (Å²) in [7, 11) is 0. The number of rotatable bonds is 8. The van der Waals surface area contributed by atoms with Crippen LogP contribution in [0.3, 0.4) is 0 Å². The van der Waals surface area contributed by atoms with Crippen LogP contribution >= 0.6 is 11.6 Å². The van der Waals surface area contributed by atoms with E-state index in [2.05, 4.69) is 5.32 Å². The van der Waals surface area contributed by atoms with Crippen LogP contribution < -0.4 is 5.32 Å².